The highest BCUT2D eigenvalue weighted by molar-refractivity contribution is 6.04. The van der Waals surface area contributed by atoms with Crippen molar-refractivity contribution in [2.24, 2.45) is 0 Å². The van der Waals surface area contributed by atoms with Gasteiger partial charge in [-0.15, -0.1) is 0 Å². The van der Waals surface area contributed by atoms with E-state index in [1.165, 1.54) is 25.1 Å². The number of halogens is 4. The largest absolute Gasteiger partial charge is 0.319 e. The fourth-order valence-corrected chi connectivity index (χ4v) is 1.63. The molecule has 0 radical (unpaired) electrons. The molecule has 104 valence electrons. The van der Waals surface area contributed by atoms with Gasteiger partial charge in [0.25, 0.3) is 5.91 Å². The summed E-state index contributed by atoms with van der Waals surface area (Å²) in [5.74, 6) is -5.54. The molecule has 0 saturated heterocycles. The second-order valence-electron chi connectivity index (χ2n) is 4.14. The van der Waals surface area contributed by atoms with Crippen LogP contribution in [-0.2, 0) is 0 Å². The van der Waals surface area contributed by atoms with Crippen molar-refractivity contribution in [1.29, 1.82) is 0 Å². The van der Waals surface area contributed by atoms with Crippen LogP contribution in [-0.4, -0.2) is 5.91 Å². The van der Waals surface area contributed by atoms with Crippen molar-refractivity contribution in [3.8, 4) is 0 Å². The number of hydrogen-bond donors (Lipinski definition) is 1. The summed E-state index contributed by atoms with van der Waals surface area (Å²) in [6, 6.07) is 4.92. The second kappa shape index (κ2) is 5.32. The van der Waals surface area contributed by atoms with E-state index < -0.39 is 34.9 Å². The quantitative estimate of drug-likeness (QED) is 0.659. The average Bonchev–Trinajstić information content (AvgIpc) is 2.39. The third kappa shape index (κ3) is 2.64. The molecular weight excluding hydrogens is 274 g/mol. The molecule has 2 nitrogen and oxygen atoms in total. The Balaban J connectivity index is 2.33. The smallest absolute Gasteiger partial charge is 0.258 e. The van der Waals surface area contributed by atoms with Crippen LogP contribution >= 0.6 is 0 Å². The lowest BCUT2D eigenvalue weighted by molar-refractivity contribution is 0.102. The molecule has 0 atom stereocenters. The fourth-order valence-electron chi connectivity index (χ4n) is 1.63. The Labute approximate surface area is 112 Å². The van der Waals surface area contributed by atoms with Crippen molar-refractivity contribution >= 4 is 11.6 Å². The van der Waals surface area contributed by atoms with Crippen LogP contribution in [0.4, 0.5) is 23.2 Å². The standard InChI is InChI=1S/C14H9F4NO/c1-7-3-2-4-8(13(7)18)14(20)19-12-6-10(16)9(15)5-11(12)17/h2-6H,1H3,(H,19,20). The predicted molar refractivity (Wildman–Crippen MR) is 65.4 cm³/mol. The van der Waals surface area contributed by atoms with Gasteiger partial charge < -0.3 is 5.32 Å². The summed E-state index contributed by atoms with van der Waals surface area (Å²) in [5.41, 5.74) is -0.632. The van der Waals surface area contributed by atoms with Gasteiger partial charge in [-0.25, -0.2) is 17.6 Å². The number of hydrogen-bond acceptors (Lipinski definition) is 1. The fraction of sp³-hybridized carbons (Fsp3) is 0.0714. The molecule has 0 aromatic heterocycles. The monoisotopic (exact) mass is 283 g/mol. The molecule has 2 rings (SSSR count). The van der Waals surface area contributed by atoms with E-state index in [2.05, 4.69) is 0 Å². The lowest BCUT2D eigenvalue weighted by Gasteiger charge is -2.08. The minimum atomic E-state index is -1.37. The molecule has 1 amide bonds. The molecule has 1 N–H and O–H groups in total. The molecule has 2 aromatic rings. The molecule has 20 heavy (non-hydrogen) atoms. The van der Waals surface area contributed by atoms with Gasteiger partial charge in [0.1, 0.15) is 11.6 Å². The summed E-state index contributed by atoms with van der Waals surface area (Å²) in [4.78, 5) is 11.8. The maximum Gasteiger partial charge on any atom is 0.258 e. The van der Waals surface area contributed by atoms with Gasteiger partial charge in [-0.1, -0.05) is 12.1 Å². The van der Waals surface area contributed by atoms with E-state index in [9.17, 15) is 22.4 Å². The molecule has 0 heterocycles. The van der Waals surface area contributed by atoms with Crippen molar-refractivity contribution in [3.63, 3.8) is 0 Å². The zero-order chi connectivity index (χ0) is 14.9. The number of amides is 1. The molecule has 0 unspecified atom stereocenters. The van der Waals surface area contributed by atoms with E-state index in [1.807, 2.05) is 5.32 Å². The summed E-state index contributed by atoms with van der Waals surface area (Å²) in [6.45, 7) is 1.46. The van der Waals surface area contributed by atoms with E-state index in [0.717, 1.165) is 0 Å². The van der Waals surface area contributed by atoms with Gasteiger partial charge in [0.15, 0.2) is 11.6 Å². The zero-order valence-corrected chi connectivity index (χ0v) is 10.3. The maximum atomic E-state index is 13.7. The summed E-state index contributed by atoms with van der Waals surface area (Å²) >= 11 is 0. The Morgan fingerprint density at radius 2 is 1.65 bits per heavy atom. The molecule has 0 fully saturated rings. The molecule has 0 aliphatic rings. The van der Waals surface area contributed by atoms with E-state index in [1.54, 1.807) is 0 Å². The lowest BCUT2D eigenvalue weighted by atomic mass is 10.1. The van der Waals surface area contributed by atoms with E-state index in [0.29, 0.717) is 12.1 Å². The van der Waals surface area contributed by atoms with Gasteiger partial charge in [-0.2, -0.15) is 0 Å². The van der Waals surface area contributed by atoms with E-state index in [-0.39, 0.29) is 11.1 Å². The third-order valence-electron chi connectivity index (χ3n) is 2.69. The molecule has 0 bridgehead atoms. The number of carbonyl (C=O) groups excluding carboxylic acids is 1. The van der Waals surface area contributed by atoms with Crippen LogP contribution in [0.2, 0.25) is 0 Å². The molecule has 0 aliphatic heterocycles. The first-order valence-electron chi connectivity index (χ1n) is 5.61. The van der Waals surface area contributed by atoms with Crippen LogP contribution in [0.25, 0.3) is 0 Å². The minimum Gasteiger partial charge on any atom is -0.319 e. The van der Waals surface area contributed by atoms with Crippen LogP contribution in [0.3, 0.4) is 0 Å². The second-order valence-corrected chi connectivity index (χ2v) is 4.14. The van der Waals surface area contributed by atoms with Crippen molar-refractivity contribution in [1.82, 2.24) is 0 Å². The molecule has 0 saturated carbocycles. The van der Waals surface area contributed by atoms with Crippen molar-refractivity contribution in [2.75, 3.05) is 5.32 Å². The van der Waals surface area contributed by atoms with Gasteiger partial charge in [-0.05, 0) is 18.6 Å². The minimum absolute atomic E-state index is 0.239. The molecule has 0 spiro atoms. The lowest BCUT2D eigenvalue weighted by Crippen LogP contribution is -2.15. The summed E-state index contributed by atoms with van der Waals surface area (Å²) in [5, 5.41) is 2.00. The average molecular weight is 283 g/mol. The van der Waals surface area contributed by atoms with Crippen molar-refractivity contribution in [3.05, 3.63) is 64.7 Å². The normalized spacial score (nSPS) is 10.4. The van der Waals surface area contributed by atoms with Crippen LogP contribution in [0.5, 0.6) is 0 Å². The van der Waals surface area contributed by atoms with Crippen LogP contribution < -0.4 is 5.32 Å². The number of rotatable bonds is 2. The van der Waals surface area contributed by atoms with E-state index >= 15 is 0 Å². The zero-order valence-electron chi connectivity index (χ0n) is 10.3. The number of carbonyl (C=O) groups is 1. The van der Waals surface area contributed by atoms with Crippen LogP contribution in [0.15, 0.2) is 30.3 Å². The topological polar surface area (TPSA) is 29.1 Å². The number of aryl methyl sites for hydroxylation is 1. The molecule has 0 aliphatic carbocycles. The highest BCUT2D eigenvalue weighted by Crippen LogP contribution is 2.20. The highest BCUT2D eigenvalue weighted by atomic mass is 19.2. The summed E-state index contributed by atoms with van der Waals surface area (Å²) < 4.78 is 52.8. The number of anilines is 1. The van der Waals surface area contributed by atoms with Gasteiger partial charge in [0.05, 0.1) is 11.3 Å². The predicted octanol–water partition coefficient (Wildman–Crippen LogP) is 3.80. The summed E-state index contributed by atoms with van der Waals surface area (Å²) in [6.07, 6.45) is 0. The van der Waals surface area contributed by atoms with Crippen molar-refractivity contribution in [2.45, 2.75) is 6.92 Å². The van der Waals surface area contributed by atoms with Gasteiger partial charge in [-0.3, -0.25) is 4.79 Å². The Kier molecular flexibility index (Phi) is 3.74. The first-order valence-corrected chi connectivity index (χ1v) is 5.61. The Morgan fingerprint density at radius 3 is 2.35 bits per heavy atom. The van der Waals surface area contributed by atoms with E-state index in [4.69, 9.17) is 0 Å². The first-order chi connectivity index (χ1) is 9.40. The SMILES string of the molecule is Cc1cccc(C(=O)Nc2cc(F)c(F)cc2F)c1F. The third-order valence-corrected chi connectivity index (χ3v) is 2.69. The molecular formula is C14H9F4NO. The Hall–Kier alpha value is -2.37. The van der Waals surface area contributed by atoms with Crippen LogP contribution in [0.1, 0.15) is 15.9 Å². The van der Waals surface area contributed by atoms with Crippen molar-refractivity contribution < 1.29 is 22.4 Å². The van der Waals surface area contributed by atoms with Crippen LogP contribution in [0, 0.1) is 30.2 Å². The summed E-state index contributed by atoms with van der Waals surface area (Å²) in [7, 11) is 0. The number of benzene rings is 2. The van der Waals surface area contributed by atoms with Gasteiger partial charge in [0, 0.05) is 12.1 Å². The molecule has 2 aromatic carbocycles. The van der Waals surface area contributed by atoms with Gasteiger partial charge in [0.2, 0.25) is 0 Å². The first kappa shape index (κ1) is 14.0. The number of nitrogens with one attached hydrogen (secondary N) is 1. The molecule has 6 heteroatoms. The highest BCUT2D eigenvalue weighted by Gasteiger charge is 2.16. The maximum absolute atomic E-state index is 13.7. The Bertz CT molecular complexity index is 685. The van der Waals surface area contributed by atoms with Gasteiger partial charge >= 0.3 is 0 Å². The Morgan fingerprint density at radius 1 is 1.00 bits per heavy atom.